The number of rotatable bonds is 6. The quantitative estimate of drug-likeness (QED) is 0.382. The zero-order valence-corrected chi connectivity index (χ0v) is 18.2. The highest BCUT2D eigenvalue weighted by Crippen LogP contribution is 2.32. The van der Waals surface area contributed by atoms with E-state index in [9.17, 15) is 4.79 Å². The van der Waals surface area contributed by atoms with E-state index in [1.165, 1.54) is 0 Å². The Morgan fingerprint density at radius 2 is 1.84 bits per heavy atom. The van der Waals surface area contributed by atoms with Crippen LogP contribution in [0.1, 0.15) is 35.8 Å². The van der Waals surface area contributed by atoms with E-state index >= 15 is 0 Å². The molecule has 4 aromatic rings. The molecule has 1 atom stereocenters. The highest BCUT2D eigenvalue weighted by atomic mass is 35.5. The van der Waals surface area contributed by atoms with E-state index in [2.05, 4.69) is 5.32 Å². The number of benzene rings is 3. The maximum absolute atomic E-state index is 12.9. The van der Waals surface area contributed by atoms with E-state index in [0.717, 1.165) is 27.7 Å². The number of carbonyl (C=O) groups is 1. The van der Waals surface area contributed by atoms with Gasteiger partial charge in [0.2, 0.25) is 0 Å². The lowest BCUT2D eigenvalue weighted by atomic mass is 10.0. The molecule has 3 aromatic carbocycles. The molecule has 0 aliphatic carbocycles. The molecule has 1 aromatic heterocycles. The second-order valence-electron chi connectivity index (χ2n) is 7.29. The average Bonchev–Trinajstić information content (AvgIpc) is 2.79. The Morgan fingerprint density at radius 1 is 1.03 bits per heavy atom. The topological polar surface area (TPSA) is 51.2 Å². The molecule has 0 saturated heterocycles. The Balaban J connectivity index is 1.68. The summed E-state index contributed by atoms with van der Waals surface area (Å²) in [6.45, 7) is 4.41. The van der Waals surface area contributed by atoms with Crippen molar-refractivity contribution in [3.05, 3.63) is 95.0 Å². The predicted octanol–water partition coefficient (Wildman–Crippen LogP) is 6.44. The molecular formula is C26H23ClN2O2. The van der Waals surface area contributed by atoms with E-state index in [1.54, 1.807) is 6.07 Å². The third kappa shape index (κ3) is 4.70. The molecule has 4 rings (SSSR count). The van der Waals surface area contributed by atoms with Gasteiger partial charge in [-0.3, -0.25) is 4.79 Å². The third-order valence-electron chi connectivity index (χ3n) is 5.10. The summed E-state index contributed by atoms with van der Waals surface area (Å²) in [5.41, 5.74) is 4.06. The fourth-order valence-corrected chi connectivity index (χ4v) is 3.70. The minimum Gasteiger partial charge on any atom is -0.493 e. The average molecular weight is 431 g/mol. The first-order valence-electron chi connectivity index (χ1n) is 10.2. The van der Waals surface area contributed by atoms with Crippen molar-refractivity contribution >= 4 is 28.4 Å². The van der Waals surface area contributed by atoms with E-state index in [0.29, 0.717) is 22.9 Å². The number of ether oxygens (including phenoxy) is 1. The van der Waals surface area contributed by atoms with E-state index in [1.807, 2.05) is 86.6 Å². The normalized spacial score (nSPS) is 11.8. The van der Waals surface area contributed by atoms with Crippen LogP contribution in [0.3, 0.4) is 0 Å². The summed E-state index contributed by atoms with van der Waals surface area (Å²) in [4.78, 5) is 17.6. The van der Waals surface area contributed by atoms with Crippen molar-refractivity contribution in [2.75, 3.05) is 6.61 Å². The van der Waals surface area contributed by atoms with Crippen LogP contribution in [0.2, 0.25) is 5.02 Å². The first-order chi connectivity index (χ1) is 15.0. The van der Waals surface area contributed by atoms with Crippen LogP contribution in [-0.2, 0) is 0 Å². The Morgan fingerprint density at radius 3 is 2.58 bits per heavy atom. The SMILES string of the molecule is CCOc1cc(-c2cccc(Cl)c2)nc2ccc(C(=O)NC(C)c3ccccc3)cc12. The van der Waals surface area contributed by atoms with Crippen molar-refractivity contribution in [2.45, 2.75) is 19.9 Å². The first-order valence-corrected chi connectivity index (χ1v) is 10.6. The fraction of sp³-hybridized carbons (Fsp3) is 0.154. The van der Waals surface area contributed by atoms with Crippen LogP contribution in [-0.4, -0.2) is 17.5 Å². The molecule has 0 fully saturated rings. The van der Waals surface area contributed by atoms with Gasteiger partial charge in [0.15, 0.2) is 0 Å². The van der Waals surface area contributed by atoms with Crippen molar-refractivity contribution in [3.63, 3.8) is 0 Å². The highest BCUT2D eigenvalue weighted by Gasteiger charge is 2.15. The molecule has 0 radical (unpaired) electrons. The number of halogens is 1. The summed E-state index contributed by atoms with van der Waals surface area (Å²) in [5, 5.41) is 4.51. The minimum absolute atomic E-state index is 0.0981. The van der Waals surface area contributed by atoms with Gasteiger partial charge in [-0.2, -0.15) is 0 Å². The molecule has 1 amide bonds. The van der Waals surface area contributed by atoms with Crippen LogP contribution in [0.15, 0.2) is 78.9 Å². The molecule has 156 valence electrons. The van der Waals surface area contributed by atoms with E-state index < -0.39 is 0 Å². The Kier molecular flexibility index (Phi) is 6.19. The summed E-state index contributed by atoms with van der Waals surface area (Å²) in [5.74, 6) is 0.549. The van der Waals surface area contributed by atoms with Gasteiger partial charge in [0, 0.05) is 27.6 Å². The van der Waals surface area contributed by atoms with Crippen molar-refractivity contribution in [1.82, 2.24) is 10.3 Å². The highest BCUT2D eigenvalue weighted by molar-refractivity contribution is 6.30. The van der Waals surface area contributed by atoms with Gasteiger partial charge in [0.25, 0.3) is 5.91 Å². The van der Waals surface area contributed by atoms with Gasteiger partial charge in [0.05, 0.1) is 23.9 Å². The van der Waals surface area contributed by atoms with Gasteiger partial charge < -0.3 is 10.1 Å². The fourth-order valence-electron chi connectivity index (χ4n) is 3.51. The van der Waals surface area contributed by atoms with Crippen molar-refractivity contribution in [3.8, 4) is 17.0 Å². The van der Waals surface area contributed by atoms with E-state index in [-0.39, 0.29) is 11.9 Å². The summed E-state index contributed by atoms with van der Waals surface area (Å²) < 4.78 is 5.89. The lowest BCUT2D eigenvalue weighted by molar-refractivity contribution is 0.0940. The number of hydrogen-bond acceptors (Lipinski definition) is 3. The maximum atomic E-state index is 12.9. The van der Waals surface area contributed by atoms with Crippen molar-refractivity contribution in [1.29, 1.82) is 0 Å². The molecule has 5 heteroatoms. The molecule has 1 heterocycles. The number of aromatic nitrogens is 1. The van der Waals surface area contributed by atoms with E-state index in [4.69, 9.17) is 21.3 Å². The van der Waals surface area contributed by atoms with Gasteiger partial charge >= 0.3 is 0 Å². The number of nitrogens with zero attached hydrogens (tertiary/aromatic N) is 1. The number of amides is 1. The first kappa shape index (κ1) is 20.9. The number of fused-ring (bicyclic) bond motifs is 1. The van der Waals surface area contributed by atoms with Gasteiger partial charge in [0.1, 0.15) is 5.75 Å². The summed E-state index contributed by atoms with van der Waals surface area (Å²) in [6.07, 6.45) is 0. The number of hydrogen-bond donors (Lipinski definition) is 1. The van der Waals surface area contributed by atoms with Crippen LogP contribution in [0, 0.1) is 0 Å². The van der Waals surface area contributed by atoms with Crippen molar-refractivity contribution < 1.29 is 9.53 Å². The molecule has 1 N–H and O–H groups in total. The number of pyridine rings is 1. The predicted molar refractivity (Wildman–Crippen MR) is 126 cm³/mol. The monoisotopic (exact) mass is 430 g/mol. The molecule has 0 aliphatic heterocycles. The zero-order chi connectivity index (χ0) is 21.8. The summed E-state index contributed by atoms with van der Waals surface area (Å²) >= 11 is 6.15. The van der Waals surface area contributed by atoms with Crippen LogP contribution < -0.4 is 10.1 Å². The summed E-state index contributed by atoms with van der Waals surface area (Å²) in [6, 6.07) is 24.7. The lowest BCUT2D eigenvalue weighted by Crippen LogP contribution is -2.26. The van der Waals surface area contributed by atoms with Gasteiger partial charge in [-0.25, -0.2) is 4.98 Å². The molecule has 31 heavy (non-hydrogen) atoms. The molecule has 1 unspecified atom stereocenters. The molecule has 0 bridgehead atoms. The van der Waals surface area contributed by atoms with Gasteiger partial charge in [-0.1, -0.05) is 54.1 Å². The van der Waals surface area contributed by atoms with Crippen molar-refractivity contribution in [2.24, 2.45) is 0 Å². The molecule has 0 spiro atoms. The number of carbonyl (C=O) groups excluding carboxylic acids is 1. The molecule has 0 saturated carbocycles. The van der Waals surface area contributed by atoms with Crippen LogP contribution in [0.5, 0.6) is 5.75 Å². The van der Waals surface area contributed by atoms with Gasteiger partial charge in [-0.05, 0) is 49.7 Å². The van der Waals surface area contributed by atoms with Crippen LogP contribution >= 0.6 is 11.6 Å². The number of nitrogens with one attached hydrogen (secondary N) is 1. The standard InChI is InChI=1S/C26H23ClN2O2/c1-3-31-25-16-24(19-10-7-11-21(27)14-19)29-23-13-12-20(15-22(23)25)26(30)28-17(2)18-8-5-4-6-9-18/h4-17H,3H2,1-2H3,(H,28,30). The van der Waals surface area contributed by atoms with Gasteiger partial charge in [-0.15, -0.1) is 0 Å². The molecule has 0 aliphatic rings. The zero-order valence-electron chi connectivity index (χ0n) is 17.4. The second-order valence-corrected chi connectivity index (χ2v) is 7.72. The second kappa shape index (κ2) is 9.19. The molecule has 4 nitrogen and oxygen atoms in total. The Labute approximate surface area is 186 Å². The smallest absolute Gasteiger partial charge is 0.251 e. The molecular weight excluding hydrogens is 408 g/mol. The summed E-state index contributed by atoms with van der Waals surface area (Å²) in [7, 11) is 0. The maximum Gasteiger partial charge on any atom is 0.251 e. The lowest BCUT2D eigenvalue weighted by Gasteiger charge is -2.15. The Bertz CT molecular complexity index is 1220. The largest absolute Gasteiger partial charge is 0.493 e. The van der Waals surface area contributed by atoms with Crippen LogP contribution in [0.25, 0.3) is 22.2 Å². The minimum atomic E-state index is -0.139. The Hall–Kier alpha value is -3.37. The van der Waals surface area contributed by atoms with Crippen LogP contribution in [0.4, 0.5) is 0 Å². The third-order valence-corrected chi connectivity index (χ3v) is 5.34.